The molecule has 0 bridgehead atoms. The van der Waals surface area contributed by atoms with E-state index in [2.05, 4.69) is 100 Å². The number of aromatic nitrogens is 2. The van der Waals surface area contributed by atoms with E-state index < -0.39 is 0 Å². The van der Waals surface area contributed by atoms with Gasteiger partial charge < -0.3 is 19.9 Å². The fraction of sp³-hybridized carbons (Fsp3) is 0.389. The molecule has 0 spiro atoms. The molecule has 3 heterocycles. The lowest BCUT2D eigenvalue weighted by molar-refractivity contribution is -0.117. The molecule has 0 aliphatic carbocycles. The van der Waals surface area contributed by atoms with Crippen LogP contribution in [0.25, 0.3) is 22.4 Å². The third-order valence-electron chi connectivity index (χ3n) is 8.55. The van der Waals surface area contributed by atoms with Crippen molar-refractivity contribution in [1.82, 2.24) is 19.8 Å². The lowest BCUT2D eigenvalue weighted by atomic mass is 9.87. The predicted octanol–water partition coefficient (Wildman–Crippen LogP) is 5.93. The molecule has 1 amide bonds. The van der Waals surface area contributed by atoms with Gasteiger partial charge in [-0.2, -0.15) is 0 Å². The highest BCUT2D eigenvalue weighted by atomic mass is 16.5. The highest BCUT2D eigenvalue weighted by Gasteiger charge is 2.21. The summed E-state index contributed by atoms with van der Waals surface area (Å²) in [6, 6.07) is 22.8. The molecule has 0 atom stereocenters. The number of rotatable bonds is 9. The Morgan fingerprint density at radius 2 is 1.68 bits per heavy atom. The summed E-state index contributed by atoms with van der Waals surface area (Å²) in [6.45, 7) is 14.2. The molecule has 8 heteroatoms. The van der Waals surface area contributed by atoms with E-state index in [0.717, 1.165) is 86.1 Å². The Kier molecular flexibility index (Phi) is 9.00. The van der Waals surface area contributed by atoms with E-state index in [1.807, 2.05) is 24.3 Å². The number of hydrogen-bond acceptors (Lipinski definition) is 6. The van der Waals surface area contributed by atoms with Crippen molar-refractivity contribution in [2.75, 3.05) is 69.2 Å². The Labute approximate surface area is 260 Å². The van der Waals surface area contributed by atoms with Gasteiger partial charge in [-0.25, -0.2) is 4.98 Å². The first-order valence-corrected chi connectivity index (χ1v) is 15.8. The minimum atomic E-state index is 0.0166. The molecule has 8 nitrogen and oxygen atoms in total. The fourth-order valence-corrected chi connectivity index (χ4v) is 5.91. The standard InChI is InChI=1S/C36H44N6O2/c1-36(2,3)28-12-10-27(11-13-28)35-38-31-8-7-9-32(34(31)39-35)42-22-20-40(21-23-42)24-25-44-30-16-14-29(15-17-30)37-33(43)26-41-18-5-4-6-19-41/h4-5,7-17H,6,18-26H2,1-3H3,(H,37,43)(H,38,39). The monoisotopic (exact) mass is 592 g/mol. The number of ether oxygens (including phenoxy) is 1. The maximum atomic E-state index is 12.4. The van der Waals surface area contributed by atoms with Crippen molar-refractivity contribution in [2.45, 2.75) is 32.6 Å². The van der Waals surface area contributed by atoms with Crippen molar-refractivity contribution >= 4 is 28.3 Å². The van der Waals surface area contributed by atoms with Crippen LogP contribution < -0.4 is 15.0 Å². The van der Waals surface area contributed by atoms with Gasteiger partial charge in [-0.3, -0.25) is 14.6 Å². The van der Waals surface area contributed by atoms with Crippen molar-refractivity contribution in [1.29, 1.82) is 0 Å². The summed E-state index contributed by atoms with van der Waals surface area (Å²) in [5, 5.41) is 2.99. The summed E-state index contributed by atoms with van der Waals surface area (Å²) in [4.78, 5) is 28.0. The number of hydrogen-bond donors (Lipinski definition) is 2. The minimum Gasteiger partial charge on any atom is -0.492 e. The first-order valence-electron chi connectivity index (χ1n) is 15.8. The van der Waals surface area contributed by atoms with E-state index in [0.29, 0.717) is 13.2 Å². The van der Waals surface area contributed by atoms with Crippen LogP contribution in [-0.2, 0) is 10.2 Å². The molecule has 6 rings (SSSR count). The molecule has 1 aromatic heterocycles. The van der Waals surface area contributed by atoms with Crippen LogP contribution in [0.3, 0.4) is 0 Å². The molecule has 0 saturated carbocycles. The molecule has 0 radical (unpaired) electrons. The Bertz CT molecular complexity index is 1580. The molecule has 3 aromatic carbocycles. The maximum absolute atomic E-state index is 12.4. The number of piperazine rings is 1. The number of carbonyl (C=O) groups is 1. The van der Waals surface area contributed by atoms with Crippen molar-refractivity contribution in [3.05, 3.63) is 84.4 Å². The lowest BCUT2D eigenvalue weighted by Crippen LogP contribution is -2.47. The number of H-pyrrole nitrogens is 1. The van der Waals surface area contributed by atoms with Gasteiger partial charge in [-0.05, 0) is 53.8 Å². The molecule has 1 saturated heterocycles. The van der Waals surface area contributed by atoms with Gasteiger partial charge in [0.05, 0.1) is 17.7 Å². The first-order chi connectivity index (χ1) is 21.3. The minimum absolute atomic E-state index is 0.0166. The second-order valence-corrected chi connectivity index (χ2v) is 12.8. The fourth-order valence-electron chi connectivity index (χ4n) is 5.91. The molecule has 1 fully saturated rings. The van der Waals surface area contributed by atoms with Crippen molar-refractivity contribution in [3.63, 3.8) is 0 Å². The summed E-state index contributed by atoms with van der Waals surface area (Å²) in [6.07, 6.45) is 5.29. The highest BCUT2D eigenvalue weighted by Crippen LogP contribution is 2.30. The van der Waals surface area contributed by atoms with Crippen molar-refractivity contribution in [2.24, 2.45) is 0 Å². The van der Waals surface area contributed by atoms with Gasteiger partial charge in [0, 0.05) is 57.1 Å². The number of aromatic amines is 1. The molecule has 0 unspecified atom stereocenters. The zero-order valence-electron chi connectivity index (χ0n) is 26.2. The Hall–Kier alpha value is -4.14. The average Bonchev–Trinajstić information content (AvgIpc) is 3.47. The molecular formula is C36H44N6O2. The average molecular weight is 593 g/mol. The largest absolute Gasteiger partial charge is 0.492 e. The predicted molar refractivity (Wildman–Crippen MR) is 180 cm³/mol. The highest BCUT2D eigenvalue weighted by molar-refractivity contribution is 5.92. The maximum Gasteiger partial charge on any atom is 0.238 e. The van der Waals surface area contributed by atoms with E-state index in [9.17, 15) is 4.79 Å². The lowest BCUT2D eigenvalue weighted by Gasteiger charge is -2.36. The van der Waals surface area contributed by atoms with Crippen molar-refractivity contribution < 1.29 is 9.53 Å². The van der Waals surface area contributed by atoms with Gasteiger partial charge in [0.15, 0.2) is 0 Å². The number of amides is 1. The summed E-state index contributed by atoms with van der Waals surface area (Å²) in [7, 11) is 0. The first kappa shape index (κ1) is 29.9. The second kappa shape index (κ2) is 13.2. The van der Waals surface area contributed by atoms with Crippen molar-refractivity contribution in [3.8, 4) is 17.1 Å². The number of carbonyl (C=O) groups excluding carboxylic acids is 1. The summed E-state index contributed by atoms with van der Waals surface area (Å²) < 4.78 is 6.03. The summed E-state index contributed by atoms with van der Waals surface area (Å²) >= 11 is 0. The molecule has 44 heavy (non-hydrogen) atoms. The van der Waals surface area contributed by atoms with Gasteiger partial charge in [0.2, 0.25) is 5.91 Å². The molecule has 2 aliphatic heterocycles. The molecule has 230 valence electrons. The Balaban J connectivity index is 0.973. The van der Waals surface area contributed by atoms with Crippen LogP contribution in [0.2, 0.25) is 0 Å². The Morgan fingerprint density at radius 1 is 0.909 bits per heavy atom. The molecule has 2 aliphatic rings. The zero-order valence-corrected chi connectivity index (χ0v) is 26.2. The van der Waals surface area contributed by atoms with E-state index in [1.165, 1.54) is 11.3 Å². The Morgan fingerprint density at radius 3 is 2.39 bits per heavy atom. The smallest absolute Gasteiger partial charge is 0.238 e. The number of nitrogens with zero attached hydrogens (tertiary/aromatic N) is 4. The number of anilines is 2. The van der Waals surface area contributed by atoms with Crippen LogP contribution in [-0.4, -0.2) is 84.6 Å². The van der Waals surface area contributed by atoms with Crippen LogP contribution in [0.5, 0.6) is 5.75 Å². The van der Waals surface area contributed by atoms with Gasteiger partial charge in [-0.15, -0.1) is 0 Å². The third-order valence-corrected chi connectivity index (χ3v) is 8.55. The molecular weight excluding hydrogens is 548 g/mol. The summed E-state index contributed by atoms with van der Waals surface area (Å²) in [5.41, 5.74) is 6.64. The van der Waals surface area contributed by atoms with Gasteiger partial charge in [-0.1, -0.05) is 63.3 Å². The number of nitrogens with one attached hydrogen (secondary N) is 2. The SMILES string of the molecule is CC(C)(C)c1ccc(-c2nc3c(N4CCN(CCOc5ccc(NC(=O)CN6CC=CCC6)cc5)CC4)cccc3[nH]2)cc1. The third kappa shape index (κ3) is 7.31. The number of para-hydroxylation sites is 1. The number of benzene rings is 3. The second-order valence-electron chi connectivity index (χ2n) is 12.8. The van der Waals surface area contributed by atoms with E-state index >= 15 is 0 Å². The number of imidazole rings is 1. The number of fused-ring (bicyclic) bond motifs is 1. The molecule has 2 N–H and O–H groups in total. The van der Waals surface area contributed by atoms with E-state index in [-0.39, 0.29) is 11.3 Å². The van der Waals surface area contributed by atoms with E-state index in [4.69, 9.17) is 9.72 Å². The molecule has 4 aromatic rings. The van der Waals surface area contributed by atoms with Gasteiger partial charge in [0.25, 0.3) is 0 Å². The van der Waals surface area contributed by atoms with Crippen LogP contribution >= 0.6 is 0 Å². The van der Waals surface area contributed by atoms with Crippen LogP contribution in [0.1, 0.15) is 32.8 Å². The zero-order chi connectivity index (χ0) is 30.5. The summed E-state index contributed by atoms with van der Waals surface area (Å²) in [5.74, 6) is 1.74. The van der Waals surface area contributed by atoms with Crippen LogP contribution in [0.15, 0.2) is 78.9 Å². The normalized spacial score (nSPS) is 16.4. The van der Waals surface area contributed by atoms with Crippen LogP contribution in [0.4, 0.5) is 11.4 Å². The van der Waals surface area contributed by atoms with E-state index in [1.54, 1.807) is 0 Å². The van der Waals surface area contributed by atoms with Gasteiger partial charge in [0.1, 0.15) is 23.7 Å². The topological polar surface area (TPSA) is 76.7 Å². The van der Waals surface area contributed by atoms with Gasteiger partial charge >= 0.3 is 0 Å². The quantitative estimate of drug-likeness (QED) is 0.235. The van der Waals surface area contributed by atoms with Crippen LogP contribution in [0, 0.1) is 0 Å².